The molecule has 1 saturated heterocycles. The molecular weight excluding hydrogens is 294 g/mol. The molecule has 6 nitrogen and oxygen atoms in total. The van der Waals surface area contributed by atoms with Crippen LogP contribution in [0.4, 0.5) is 0 Å². The Hall–Kier alpha value is -2.47. The molecule has 1 aromatic heterocycles. The van der Waals surface area contributed by atoms with Crippen molar-refractivity contribution in [1.82, 2.24) is 14.9 Å². The average molecular weight is 313 g/mol. The molecule has 2 aromatic rings. The number of aromatic nitrogens is 2. The van der Waals surface area contributed by atoms with Gasteiger partial charge in [-0.3, -0.25) is 4.79 Å². The van der Waals surface area contributed by atoms with Gasteiger partial charge in [-0.15, -0.1) is 0 Å². The van der Waals surface area contributed by atoms with Crippen molar-refractivity contribution < 1.29 is 9.53 Å². The molecule has 3 rings (SSSR count). The van der Waals surface area contributed by atoms with Crippen molar-refractivity contribution in [2.45, 2.75) is 26.1 Å². The topological polar surface area (TPSA) is 75.3 Å². The second kappa shape index (κ2) is 6.34. The van der Waals surface area contributed by atoms with Crippen LogP contribution in [0.15, 0.2) is 41.5 Å². The molecule has 0 radical (unpaired) electrons. The van der Waals surface area contributed by atoms with Crippen LogP contribution in [-0.4, -0.2) is 46.1 Å². The highest BCUT2D eigenvalue weighted by Crippen LogP contribution is 2.20. The number of H-pyrrole nitrogens is 1. The van der Waals surface area contributed by atoms with Gasteiger partial charge in [0.15, 0.2) is 0 Å². The summed E-state index contributed by atoms with van der Waals surface area (Å²) in [6, 6.07) is 7.34. The zero-order chi connectivity index (χ0) is 16.4. The lowest BCUT2D eigenvalue weighted by Gasteiger charge is -2.35. The summed E-state index contributed by atoms with van der Waals surface area (Å²) in [4.78, 5) is 31.9. The summed E-state index contributed by atoms with van der Waals surface area (Å²) in [7, 11) is 0. The van der Waals surface area contributed by atoms with E-state index < -0.39 is 5.69 Å². The molecular formula is C17H19N3O3. The molecule has 1 amide bonds. The van der Waals surface area contributed by atoms with E-state index >= 15 is 0 Å². The fourth-order valence-corrected chi connectivity index (χ4v) is 2.86. The van der Waals surface area contributed by atoms with Crippen LogP contribution in [0.5, 0.6) is 0 Å². The summed E-state index contributed by atoms with van der Waals surface area (Å²) in [6.45, 7) is 5.12. The number of nitrogens with one attached hydrogen (secondary N) is 1. The molecule has 6 heteroatoms. The number of rotatable bonds is 2. The molecule has 2 heterocycles. The predicted molar refractivity (Wildman–Crippen MR) is 86.2 cm³/mol. The molecule has 0 aliphatic carbocycles. The van der Waals surface area contributed by atoms with Crippen molar-refractivity contribution in [2.75, 3.05) is 13.1 Å². The van der Waals surface area contributed by atoms with Gasteiger partial charge in [-0.05, 0) is 31.5 Å². The van der Waals surface area contributed by atoms with Crippen LogP contribution in [-0.2, 0) is 4.74 Å². The quantitative estimate of drug-likeness (QED) is 0.915. The number of morpholine rings is 1. The first-order chi connectivity index (χ1) is 11.0. The fourth-order valence-electron chi connectivity index (χ4n) is 2.86. The van der Waals surface area contributed by atoms with Gasteiger partial charge in [-0.2, -0.15) is 0 Å². The molecule has 1 aliphatic rings. The third-order valence-electron chi connectivity index (χ3n) is 3.82. The number of hydrogen-bond acceptors (Lipinski definition) is 4. The second-order valence-electron chi connectivity index (χ2n) is 5.86. The van der Waals surface area contributed by atoms with Gasteiger partial charge in [0.1, 0.15) is 0 Å². The van der Waals surface area contributed by atoms with E-state index in [0.29, 0.717) is 18.7 Å². The third-order valence-corrected chi connectivity index (χ3v) is 3.82. The average Bonchev–Trinajstić information content (AvgIpc) is 2.54. The molecule has 0 bridgehead atoms. The standard InChI is InChI=1S/C17H19N3O3/c1-11-9-20(10-12(2)23-11)16(21)14-5-3-4-13(6-14)15-7-18-17(22)19-8-15/h3-8,11-12H,9-10H2,1-2H3,(H,18,19,22)/t11-,12+. The Labute approximate surface area is 134 Å². The van der Waals surface area contributed by atoms with E-state index in [9.17, 15) is 9.59 Å². The summed E-state index contributed by atoms with van der Waals surface area (Å²) in [5, 5.41) is 0. The SMILES string of the molecule is C[C@@H]1CN(C(=O)c2cccc(-c3cnc(=O)[nH]c3)c2)C[C@H](C)O1. The Morgan fingerprint density at radius 2 is 2.00 bits per heavy atom. The Morgan fingerprint density at radius 1 is 1.26 bits per heavy atom. The van der Waals surface area contributed by atoms with Crippen molar-refractivity contribution in [3.63, 3.8) is 0 Å². The number of amides is 1. The minimum Gasteiger partial charge on any atom is -0.372 e. The number of carbonyl (C=O) groups is 1. The molecule has 120 valence electrons. The van der Waals surface area contributed by atoms with Gasteiger partial charge in [-0.25, -0.2) is 9.78 Å². The lowest BCUT2D eigenvalue weighted by molar-refractivity contribution is -0.0586. The third kappa shape index (κ3) is 3.48. The van der Waals surface area contributed by atoms with Crippen LogP contribution >= 0.6 is 0 Å². The number of nitrogens with zero attached hydrogens (tertiary/aromatic N) is 2. The van der Waals surface area contributed by atoms with Crippen LogP contribution < -0.4 is 5.69 Å². The highest BCUT2D eigenvalue weighted by Gasteiger charge is 2.26. The molecule has 1 aromatic carbocycles. The van der Waals surface area contributed by atoms with Gasteiger partial charge < -0.3 is 14.6 Å². The molecule has 23 heavy (non-hydrogen) atoms. The number of aromatic amines is 1. The zero-order valence-corrected chi connectivity index (χ0v) is 13.2. The van der Waals surface area contributed by atoms with Crippen LogP contribution in [0.2, 0.25) is 0 Å². The van der Waals surface area contributed by atoms with Gasteiger partial charge in [0, 0.05) is 36.6 Å². The first kappa shape index (κ1) is 15.4. The monoisotopic (exact) mass is 313 g/mol. The largest absolute Gasteiger partial charge is 0.372 e. The molecule has 2 atom stereocenters. The van der Waals surface area contributed by atoms with Crippen molar-refractivity contribution in [1.29, 1.82) is 0 Å². The van der Waals surface area contributed by atoms with Crippen LogP contribution in [0.3, 0.4) is 0 Å². The van der Waals surface area contributed by atoms with Crippen LogP contribution in [0.1, 0.15) is 24.2 Å². The summed E-state index contributed by atoms with van der Waals surface area (Å²) in [5.74, 6) is -0.00812. The summed E-state index contributed by atoms with van der Waals surface area (Å²) >= 11 is 0. The van der Waals surface area contributed by atoms with Crippen molar-refractivity contribution in [2.24, 2.45) is 0 Å². The van der Waals surface area contributed by atoms with Crippen molar-refractivity contribution in [3.8, 4) is 11.1 Å². The Kier molecular flexibility index (Phi) is 4.25. The van der Waals surface area contributed by atoms with E-state index in [0.717, 1.165) is 11.1 Å². The summed E-state index contributed by atoms with van der Waals surface area (Å²) in [6.07, 6.45) is 3.17. The molecule has 1 aliphatic heterocycles. The van der Waals surface area contributed by atoms with Crippen molar-refractivity contribution in [3.05, 3.63) is 52.7 Å². The summed E-state index contributed by atoms with van der Waals surface area (Å²) in [5.41, 5.74) is 1.84. The van der Waals surface area contributed by atoms with E-state index in [-0.39, 0.29) is 18.1 Å². The second-order valence-corrected chi connectivity index (χ2v) is 5.86. The van der Waals surface area contributed by atoms with E-state index in [1.54, 1.807) is 12.3 Å². The number of hydrogen-bond donors (Lipinski definition) is 1. The molecule has 0 saturated carbocycles. The van der Waals surface area contributed by atoms with Crippen molar-refractivity contribution >= 4 is 5.91 Å². The maximum atomic E-state index is 12.7. The van der Waals surface area contributed by atoms with Gasteiger partial charge >= 0.3 is 5.69 Å². The lowest BCUT2D eigenvalue weighted by atomic mass is 10.0. The fraction of sp³-hybridized carbons (Fsp3) is 0.353. The maximum absolute atomic E-state index is 12.7. The minimum absolute atomic E-state index is 0.00812. The van der Waals surface area contributed by atoms with Crippen LogP contribution in [0, 0.1) is 0 Å². The zero-order valence-electron chi connectivity index (χ0n) is 13.2. The van der Waals surface area contributed by atoms with Crippen LogP contribution in [0.25, 0.3) is 11.1 Å². The molecule has 1 fully saturated rings. The van der Waals surface area contributed by atoms with E-state index in [2.05, 4.69) is 9.97 Å². The molecule has 0 spiro atoms. The molecule has 0 unspecified atom stereocenters. The highest BCUT2D eigenvalue weighted by molar-refractivity contribution is 5.95. The van der Waals surface area contributed by atoms with Gasteiger partial charge in [0.2, 0.25) is 0 Å². The lowest BCUT2D eigenvalue weighted by Crippen LogP contribution is -2.48. The number of benzene rings is 1. The smallest absolute Gasteiger partial charge is 0.344 e. The van der Waals surface area contributed by atoms with Gasteiger partial charge in [0.25, 0.3) is 5.91 Å². The maximum Gasteiger partial charge on any atom is 0.344 e. The first-order valence-corrected chi connectivity index (χ1v) is 7.63. The Morgan fingerprint density at radius 3 is 2.65 bits per heavy atom. The van der Waals surface area contributed by atoms with Gasteiger partial charge in [-0.1, -0.05) is 12.1 Å². The normalized spacial score (nSPS) is 21.2. The molecule has 1 N–H and O–H groups in total. The Balaban J connectivity index is 1.85. The predicted octanol–water partition coefficient (Wildman–Crippen LogP) is 1.69. The van der Waals surface area contributed by atoms with E-state index in [1.807, 2.05) is 36.9 Å². The summed E-state index contributed by atoms with van der Waals surface area (Å²) < 4.78 is 5.67. The number of ether oxygens (including phenoxy) is 1. The van der Waals surface area contributed by atoms with E-state index in [4.69, 9.17) is 4.74 Å². The Bertz CT molecular complexity index is 741. The highest BCUT2D eigenvalue weighted by atomic mass is 16.5. The first-order valence-electron chi connectivity index (χ1n) is 7.63. The van der Waals surface area contributed by atoms with E-state index in [1.165, 1.54) is 6.20 Å². The minimum atomic E-state index is -0.391. The number of carbonyl (C=O) groups excluding carboxylic acids is 1. The van der Waals surface area contributed by atoms with Gasteiger partial charge in [0.05, 0.1) is 12.2 Å².